The molecule has 5 heteroatoms. The summed E-state index contributed by atoms with van der Waals surface area (Å²) in [5.74, 6) is -0.307. The minimum atomic E-state index is -0.743. The maximum absolute atomic E-state index is 11.6. The van der Waals surface area contributed by atoms with Gasteiger partial charge in [0.15, 0.2) is 0 Å². The van der Waals surface area contributed by atoms with E-state index in [0.29, 0.717) is 12.3 Å². The number of carbonyl (C=O) groups excluding carboxylic acids is 2. The number of amides is 2. The monoisotopic (exact) mass is 229 g/mol. The van der Waals surface area contributed by atoms with Crippen molar-refractivity contribution < 1.29 is 9.59 Å². The molecule has 94 valence electrons. The number of hydrogen-bond donors (Lipinski definition) is 3. The van der Waals surface area contributed by atoms with E-state index < -0.39 is 17.4 Å². The van der Waals surface area contributed by atoms with Crippen LogP contribution < -0.4 is 16.8 Å². The summed E-state index contributed by atoms with van der Waals surface area (Å²) in [4.78, 5) is 22.6. The highest BCUT2D eigenvalue weighted by atomic mass is 16.2. The first-order valence-electron chi connectivity index (χ1n) is 5.50. The molecule has 2 amide bonds. The molecule has 0 aromatic carbocycles. The predicted octanol–water partition coefficient (Wildman–Crippen LogP) is -0.0125. The largest absolute Gasteiger partial charge is 0.369 e. The predicted molar refractivity (Wildman–Crippen MR) is 63.4 cm³/mol. The molecule has 0 rings (SSSR count). The normalized spacial score (nSPS) is 13.6. The molecular weight excluding hydrogens is 206 g/mol. The molecule has 5 nitrogen and oxygen atoms in total. The molecule has 5 N–H and O–H groups in total. The minimum absolute atomic E-state index is 0.215. The average molecular weight is 229 g/mol. The van der Waals surface area contributed by atoms with Crippen LogP contribution >= 0.6 is 0 Å². The number of nitrogens with one attached hydrogen (secondary N) is 1. The van der Waals surface area contributed by atoms with Crippen molar-refractivity contribution in [3.8, 4) is 0 Å². The van der Waals surface area contributed by atoms with Crippen molar-refractivity contribution in [2.75, 3.05) is 6.54 Å². The third-order valence-corrected chi connectivity index (χ3v) is 2.43. The van der Waals surface area contributed by atoms with Gasteiger partial charge < -0.3 is 16.8 Å². The number of carbonyl (C=O) groups is 2. The van der Waals surface area contributed by atoms with Crippen molar-refractivity contribution in [3.63, 3.8) is 0 Å². The van der Waals surface area contributed by atoms with E-state index in [-0.39, 0.29) is 12.5 Å². The van der Waals surface area contributed by atoms with Crippen LogP contribution in [0.5, 0.6) is 0 Å². The first-order chi connectivity index (χ1) is 7.16. The molecule has 16 heavy (non-hydrogen) atoms. The van der Waals surface area contributed by atoms with Crippen LogP contribution in [-0.2, 0) is 9.59 Å². The zero-order valence-electron chi connectivity index (χ0n) is 10.5. The maximum Gasteiger partial charge on any atom is 0.236 e. The molecule has 0 bridgehead atoms. The molecule has 0 heterocycles. The standard InChI is InChI=1S/C11H23N3O2/c1-7(2)5-8(12)9(15)14-6-11(3,4)10(13)16/h7-8H,5-6,12H2,1-4H3,(H2,13,16)(H,14,15)/t8-/m1/s1. The molecule has 0 saturated carbocycles. The summed E-state index contributed by atoms with van der Waals surface area (Å²) in [6.45, 7) is 7.58. The topological polar surface area (TPSA) is 98.2 Å². The molecule has 1 atom stereocenters. The summed E-state index contributed by atoms with van der Waals surface area (Å²) < 4.78 is 0. The number of nitrogens with two attached hydrogens (primary N) is 2. The second-order valence-corrected chi connectivity index (χ2v) is 5.20. The summed E-state index contributed by atoms with van der Waals surface area (Å²) >= 11 is 0. The molecule has 0 aliphatic carbocycles. The van der Waals surface area contributed by atoms with Crippen molar-refractivity contribution in [1.82, 2.24) is 5.32 Å². The quantitative estimate of drug-likeness (QED) is 0.597. The van der Waals surface area contributed by atoms with Crippen LogP contribution in [0.4, 0.5) is 0 Å². The lowest BCUT2D eigenvalue weighted by atomic mass is 9.92. The second kappa shape index (κ2) is 5.84. The van der Waals surface area contributed by atoms with E-state index in [1.807, 2.05) is 13.8 Å². The first kappa shape index (κ1) is 14.9. The van der Waals surface area contributed by atoms with Gasteiger partial charge in [0, 0.05) is 6.54 Å². The van der Waals surface area contributed by atoms with Crippen LogP contribution in [0, 0.1) is 11.3 Å². The van der Waals surface area contributed by atoms with E-state index in [0.717, 1.165) is 0 Å². The molecule has 0 fully saturated rings. The van der Waals surface area contributed by atoms with Gasteiger partial charge in [0.25, 0.3) is 0 Å². The highest BCUT2D eigenvalue weighted by Crippen LogP contribution is 2.12. The van der Waals surface area contributed by atoms with Gasteiger partial charge in [0.1, 0.15) is 0 Å². The SMILES string of the molecule is CC(C)C[C@@H](N)C(=O)NCC(C)(C)C(N)=O. The van der Waals surface area contributed by atoms with E-state index in [2.05, 4.69) is 5.32 Å². The van der Waals surface area contributed by atoms with E-state index in [1.165, 1.54) is 0 Å². The van der Waals surface area contributed by atoms with Gasteiger partial charge in [-0.05, 0) is 26.2 Å². The minimum Gasteiger partial charge on any atom is -0.369 e. The summed E-state index contributed by atoms with van der Waals surface area (Å²) in [6, 6.07) is -0.524. The molecule has 0 aromatic heterocycles. The Morgan fingerprint density at radius 3 is 2.19 bits per heavy atom. The van der Waals surface area contributed by atoms with Crippen LogP contribution in [0.3, 0.4) is 0 Å². The van der Waals surface area contributed by atoms with E-state index >= 15 is 0 Å². The number of rotatable bonds is 6. The Kier molecular flexibility index (Phi) is 5.44. The number of hydrogen-bond acceptors (Lipinski definition) is 3. The first-order valence-corrected chi connectivity index (χ1v) is 5.50. The fourth-order valence-electron chi connectivity index (χ4n) is 1.14. The third-order valence-electron chi connectivity index (χ3n) is 2.43. The average Bonchev–Trinajstić information content (AvgIpc) is 2.12. The van der Waals surface area contributed by atoms with Gasteiger partial charge in [0.05, 0.1) is 11.5 Å². The molecule has 0 aliphatic heterocycles. The summed E-state index contributed by atoms with van der Waals surface area (Å²) in [5.41, 5.74) is 10.1. The lowest BCUT2D eigenvalue weighted by molar-refractivity contribution is -0.127. The highest BCUT2D eigenvalue weighted by Gasteiger charge is 2.26. The molecule has 0 radical (unpaired) electrons. The van der Waals surface area contributed by atoms with Gasteiger partial charge >= 0.3 is 0 Å². The molecule has 0 aromatic rings. The van der Waals surface area contributed by atoms with Crippen molar-refractivity contribution in [2.45, 2.75) is 40.2 Å². The van der Waals surface area contributed by atoms with Crippen LogP contribution in [0.15, 0.2) is 0 Å². The highest BCUT2D eigenvalue weighted by molar-refractivity contribution is 5.84. The van der Waals surface area contributed by atoms with E-state index in [9.17, 15) is 9.59 Å². The van der Waals surface area contributed by atoms with Gasteiger partial charge in [-0.2, -0.15) is 0 Å². The fourth-order valence-corrected chi connectivity index (χ4v) is 1.14. The van der Waals surface area contributed by atoms with Crippen LogP contribution in [0.1, 0.15) is 34.1 Å². The summed E-state index contributed by atoms with van der Waals surface area (Å²) in [6.07, 6.45) is 0.628. The molecule has 0 aliphatic rings. The zero-order chi connectivity index (χ0) is 12.9. The maximum atomic E-state index is 11.6. The number of primary amides is 1. The third kappa shape index (κ3) is 5.11. The smallest absolute Gasteiger partial charge is 0.236 e. The Morgan fingerprint density at radius 1 is 1.31 bits per heavy atom. The van der Waals surface area contributed by atoms with E-state index in [4.69, 9.17) is 11.5 Å². The Bertz CT molecular complexity index is 262. The lowest BCUT2D eigenvalue weighted by Crippen LogP contribution is -2.47. The second-order valence-electron chi connectivity index (χ2n) is 5.20. The van der Waals surface area contributed by atoms with Crippen molar-refractivity contribution in [2.24, 2.45) is 22.8 Å². The fraction of sp³-hybridized carbons (Fsp3) is 0.818. The summed E-state index contributed by atoms with van der Waals surface area (Å²) in [7, 11) is 0. The van der Waals surface area contributed by atoms with Crippen LogP contribution in [-0.4, -0.2) is 24.4 Å². The van der Waals surface area contributed by atoms with Gasteiger partial charge in [-0.3, -0.25) is 9.59 Å². The van der Waals surface area contributed by atoms with Crippen LogP contribution in [0.2, 0.25) is 0 Å². The van der Waals surface area contributed by atoms with Gasteiger partial charge in [-0.25, -0.2) is 0 Å². The van der Waals surface area contributed by atoms with Gasteiger partial charge in [-0.15, -0.1) is 0 Å². The lowest BCUT2D eigenvalue weighted by Gasteiger charge is -2.22. The van der Waals surface area contributed by atoms with E-state index in [1.54, 1.807) is 13.8 Å². The van der Waals surface area contributed by atoms with Gasteiger partial charge in [0.2, 0.25) is 11.8 Å². The Labute approximate surface area is 96.9 Å². The van der Waals surface area contributed by atoms with Crippen molar-refractivity contribution in [1.29, 1.82) is 0 Å². The Morgan fingerprint density at radius 2 is 1.81 bits per heavy atom. The molecule has 0 spiro atoms. The molecule has 0 unspecified atom stereocenters. The van der Waals surface area contributed by atoms with Gasteiger partial charge in [-0.1, -0.05) is 13.8 Å². The van der Waals surface area contributed by atoms with Crippen molar-refractivity contribution >= 4 is 11.8 Å². The summed E-state index contributed by atoms with van der Waals surface area (Å²) in [5, 5.41) is 2.64. The molecular formula is C11H23N3O2. The Hall–Kier alpha value is -1.10. The zero-order valence-corrected chi connectivity index (χ0v) is 10.5. The Balaban J connectivity index is 4.12. The van der Waals surface area contributed by atoms with Crippen LogP contribution in [0.25, 0.3) is 0 Å². The molecule has 0 saturated heterocycles. The van der Waals surface area contributed by atoms with Crippen molar-refractivity contribution in [3.05, 3.63) is 0 Å².